The van der Waals surface area contributed by atoms with Crippen LogP contribution in [-0.4, -0.2) is 18.6 Å². The van der Waals surface area contributed by atoms with Crippen LogP contribution in [0.15, 0.2) is 5.38 Å². The second-order valence-corrected chi connectivity index (χ2v) is 5.06. The Balaban J connectivity index is 2.08. The van der Waals surface area contributed by atoms with Gasteiger partial charge in [0.25, 0.3) is 0 Å². The number of hydrogen-bond acceptors (Lipinski definition) is 3. The Bertz CT molecular complexity index is 302. The summed E-state index contributed by atoms with van der Waals surface area (Å²) < 4.78 is 0. The monoisotopic (exact) mass is 210 g/mol. The molecule has 0 saturated heterocycles. The van der Waals surface area contributed by atoms with Crippen LogP contribution in [0.25, 0.3) is 0 Å². The van der Waals surface area contributed by atoms with E-state index < -0.39 is 0 Å². The van der Waals surface area contributed by atoms with Crippen LogP contribution in [0, 0.1) is 0 Å². The van der Waals surface area contributed by atoms with E-state index in [9.17, 15) is 0 Å². The highest BCUT2D eigenvalue weighted by Gasteiger charge is 2.46. The molecule has 0 aliphatic heterocycles. The van der Waals surface area contributed by atoms with Crippen LogP contribution in [0.1, 0.15) is 36.9 Å². The van der Waals surface area contributed by atoms with Crippen molar-refractivity contribution < 1.29 is 0 Å². The molecule has 3 heteroatoms. The summed E-state index contributed by atoms with van der Waals surface area (Å²) in [5.74, 6) is 0. The summed E-state index contributed by atoms with van der Waals surface area (Å²) in [7, 11) is 2.03. The van der Waals surface area contributed by atoms with Crippen molar-refractivity contribution in [1.82, 2.24) is 10.3 Å². The molecule has 0 radical (unpaired) electrons. The van der Waals surface area contributed by atoms with E-state index in [4.69, 9.17) is 4.98 Å². The first-order chi connectivity index (χ1) is 6.80. The normalized spacial score (nSPS) is 18.4. The molecule has 0 amide bonds. The highest BCUT2D eigenvalue weighted by Crippen LogP contribution is 2.48. The summed E-state index contributed by atoms with van der Waals surface area (Å²) in [6.45, 7) is 3.30. The van der Waals surface area contributed by atoms with Crippen LogP contribution in [0.2, 0.25) is 0 Å². The first-order valence-corrected chi connectivity index (χ1v) is 6.28. The molecule has 1 saturated carbocycles. The molecule has 1 aromatic heterocycles. The summed E-state index contributed by atoms with van der Waals surface area (Å²) in [5, 5.41) is 6.86. The first kappa shape index (κ1) is 10.1. The predicted octanol–water partition coefficient (Wildman–Crippen LogP) is 2.35. The highest BCUT2D eigenvalue weighted by atomic mass is 32.1. The van der Waals surface area contributed by atoms with Gasteiger partial charge in [-0.05, 0) is 26.3 Å². The Labute approximate surface area is 89.8 Å². The minimum Gasteiger partial charge on any atom is -0.319 e. The number of aryl methyl sites for hydroxylation is 1. The van der Waals surface area contributed by atoms with E-state index in [1.165, 1.54) is 30.0 Å². The van der Waals surface area contributed by atoms with Gasteiger partial charge in [0.15, 0.2) is 0 Å². The SMILES string of the molecule is CCCc1csc(C2(CNC)CC2)n1. The molecule has 1 heterocycles. The Morgan fingerprint density at radius 3 is 2.93 bits per heavy atom. The van der Waals surface area contributed by atoms with Crippen molar-refractivity contribution >= 4 is 11.3 Å². The quantitative estimate of drug-likeness (QED) is 0.807. The van der Waals surface area contributed by atoms with E-state index in [1.807, 2.05) is 18.4 Å². The Morgan fingerprint density at radius 1 is 1.57 bits per heavy atom. The minimum absolute atomic E-state index is 0.408. The van der Waals surface area contributed by atoms with Crippen LogP contribution < -0.4 is 5.32 Å². The van der Waals surface area contributed by atoms with Crippen molar-refractivity contribution in [3.05, 3.63) is 16.1 Å². The average Bonchev–Trinajstić information content (AvgIpc) is 2.79. The molecule has 1 N–H and O–H groups in total. The molecule has 14 heavy (non-hydrogen) atoms. The molecule has 1 aliphatic carbocycles. The number of rotatable bonds is 5. The lowest BCUT2D eigenvalue weighted by atomic mass is 10.1. The molecule has 0 atom stereocenters. The van der Waals surface area contributed by atoms with Crippen molar-refractivity contribution in [2.24, 2.45) is 0 Å². The zero-order valence-corrected chi connectivity index (χ0v) is 9.78. The topological polar surface area (TPSA) is 24.9 Å². The molecule has 1 aromatic rings. The van der Waals surface area contributed by atoms with Crippen LogP contribution in [-0.2, 0) is 11.8 Å². The number of nitrogens with zero attached hydrogens (tertiary/aromatic N) is 1. The van der Waals surface area contributed by atoms with Gasteiger partial charge in [0.05, 0.1) is 5.69 Å². The maximum atomic E-state index is 4.73. The van der Waals surface area contributed by atoms with Crippen LogP contribution in [0.3, 0.4) is 0 Å². The maximum absolute atomic E-state index is 4.73. The van der Waals surface area contributed by atoms with Gasteiger partial charge in [0, 0.05) is 17.3 Å². The third kappa shape index (κ3) is 1.84. The molecule has 1 aliphatic rings. The minimum atomic E-state index is 0.408. The fourth-order valence-electron chi connectivity index (χ4n) is 1.88. The zero-order valence-electron chi connectivity index (χ0n) is 8.97. The second-order valence-electron chi connectivity index (χ2n) is 4.20. The lowest BCUT2D eigenvalue weighted by Crippen LogP contribution is -2.23. The average molecular weight is 210 g/mol. The third-order valence-corrected chi connectivity index (χ3v) is 4.02. The summed E-state index contributed by atoms with van der Waals surface area (Å²) in [6.07, 6.45) is 4.95. The van der Waals surface area contributed by atoms with E-state index in [-0.39, 0.29) is 0 Å². The number of thiazole rings is 1. The summed E-state index contributed by atoms with van der Waals surface area (Å²) in [4.78, 5) is 4.73. The Kier molecular flexibility index (Phi) is 2.88. The van der Waals surface area contributed by atoms with Gasteiger partial charge < -0.3 is 5.32 Å². The van der Waals surface area contributed by atoms with Crippen molar-refractivity contribution in [3.63, 3.8) is 0 Å². The van der Waals surface area contributed by atoms with E-state index >= 15 is 0 Å². The number of hydrogen-bond donors (Lipinski definition) is 1. The molecule has 78 valence electrons. The van der Waals surface area contributed by atoms with Gasteiger partial charge in [-0.15, -0.1) is 11.3 Å². The van der Waals surface area contributed by atoms with Crippen molar-refractivity contribution in [2.45, 2.75) is 38.0 Å². The standard InChI is InChI=1S/C11H18N2S/c1-3-4-9-7-14-10(13-9)11(5-6-11)8-12-2/h7,12H,3-6,8H2,1-2H3. The summed E-state index contributed by atoms with van der Waals surface area (Å²) in [5.41, 5.74) is 1.70. The van der Waals surface area contributed by atoms with E-state index in [2.05, 4.69) is 17.6 Å². The molecular formula is C11H18N2S. The number of aromatic nitrogens is 1. The van der Waals surface area contributed by atoms with Gasteiger partial charge in [0.2, 0.25) is 0 Å². The molecule has 1 fully saturated rings. The van der Waals surface area contributed by atoms with Crippen molar-refractivity contribution in [1.29, 1.82) is 0 Å². The summed E-state index contributed by atoms with van der Waals surface area (Å²) in [6, 6.07) is 0. The fourth-order valence-corrected chi connectivity index (χ4v) is 2.99. The number of nitrogens with one attached hydrogen (secondary N) is 1. The molecule has 0 aromatic carbocycles. The highest BCUT2D eigenvalue weighted by molar-refractivity contribution is 7.09. The van der Waals surface area contributed by atoms with Crippen LogP contribution in [0.4, 0.5) is 0 Å². The Morgan fingerprint density at radius 2 is 2.36 bits per heavy atom. The maximum Gasteiger partial charge on any atom is 0.100 e. The molecule has 2 nitrogen and oxygen atoms in total. The zero-order chi connectivity index (χ0) is 10.0. The van der Waals surface area contributed by atoms with E-state index in [1.54, 1.807) is 0 Å². The van der Waals surface area contributed by atoms with Gasteiger partial charge >= 0.3 is 0 Å². The van der Waals surface area contributed by atoms with Gasteiger partial charge in [0.1, 0.15) is 5.01 Å². The van der Waals surface area contributed by atoms with Crippen LogP contribution >= 0.6 is 11.3 Å². The van der Waals surface area contributed by atoms with Gasteiger partial charge in [-0.25, -0.2) is 4.98 Å². The van der Waals surface area contributed by atoms with Crippen LogP contribution in [0.5, 0.6) is 0 Å². The molecule has 0 unspecified atom stereocenters. The van der Waals surface area contributed by atoms with E-state index in [0.29, 0.717) is 5.41 Å². The third-order valence-electron chi connectivity index (χ3n) is 2.88. The lowest BCUT2D eigenvalue weighted by molar-refractivity contribution is 0.618. The second kappa shape index (κ2) is 3.99. The van der Waals surface area contributed by atoms with Gasteiger partial charge in [-0.2, -0.15) is 0 Å². The smallest absolute Gasteiger partial charge is 0.100 e. The molecule has 0 spiro atoms. The fraction of sp³-hybridized carbons (Fsp3) is 0.727. The molecular weight excluding hydrogens is 192 g/mol. The molecule has 2 rings (SSSR count). The first-order valence-electron chi connectivity index (χ1n) is 5.40. The summed E-state index contributed by atoms with van der Waals surface area (Å²) >= 11 is 1.85. The van der Waals surface area contributed by atoms with Gasteiger partial charge in [-0.3, -0.25) is 0 Å². The van der Waals surface area contributed by atoms with Gasteiger partial charge in [-0.1, -0.05) is 13.3 Å². The predicted molar refractivity (Wildman–Crippen MR) is 60.9 cm³/mol. The molecule has 0 bridgehead atoms. The van der Waals surface area contributed by atoms with Crippen molar-refractivity contribution in [3.8, 4) is 0 Å². The van der Waals surface area contributed by atoms with Crippen molar-refractivity contribution in [2.75, 3.05) is 13.6 Å². The van der Waals surface area contributed by atoms with E-state index in [0.717, 1.165) is 13.0 Å². The largest absolute Gasteiger partial charge is 0.319 e. The lowest BCUT2D eigenvalue weighted by Gasteiger charge is -2.10. The number of likely N-dealkylation sites (N-methyl/N-ethyl adjacent to an activating group) is 1. The Hall–Kier alpha value is -0.410.